The summed E-state index contributed by atoms with van der Waals surface area (Å²) in [7, 11) is 0. The first-order valence-electron chi connectivity index (χ1n) is 6.55. The molecule has 20 heavy (non-hydrogen) atoms. The van der Waals surface area contributed by atoms with E-state index in [1.165, 1.54) is 4.88 Å². The van der Waals surface area contributed by atoms with Crippen LogP contribution in [0.5, 0.6) is 0 Å². The van der Waals surface area contributed by atoms with E-state index in [0.717, 1.165) is 25.0 Å². The van der Waals surface area contributed by atoms with Crippen LogP contribution in [0.15, 0.2) is 29.6 Å². The van der Waals surface area contributed by atoms with E-state index >= 15 is 0 Å². The van der Waals surface area contributed by atoms with Gasteiger partial charge in [-0.05, 0) is 30.0 Å². The number of esters is 1. The standard InChI is InChI=1S/C15H16ClNO2S/c1-2-4-12-9-11(10-14(16)17-12)15(18)19-7-6-13-5-3-8-20-13/h3,5,8-10H,2,4,6-7H2,1H3. The van der Waals surface area contributed by atoms with Gasteiger partial charge in [0.1, 0.15) is 5.15 Å². The average molecular weight is 310 g/mol. The third-order valence-electron chi connectivity index (χ3n) is 2.75. The van der Waals surface area contributed by atoms with Crippen LogP contribution in [0.4, 0.5) is 0 Å². The smallest absolute Gasteiger partial charge is 0.338 e. The van der Waals surface area contributed by atoms with E-state index in [2.05, 4.69) is 11.9 Å². The molecule has 2 aromatic heterocycles. The second kappa shape index (κ2) is 7.41. The maximum atomic E-state index is 12.0. The third kappa shape index (κ3) is 4.32. The number of carbonyl (C=O) groups excluding carboxylic acids is 1. The lowest BCUT2D eigenvalue weighted by molar-refractivity contribution is 0.0509. The minimum Gasteiger partial charge on any atom is -0.462 e. The van der Waals surface area contributed by atoms with Crippen LogP contribution in [0, 0.1) is 0 Å². The fraction of sp³-hybridized carbons (Fsp3) is 0.333. The van der Waals surface area contributed by atoms with Gasteiger partial charge in [-0.25, -0.2) is 9.78 Å². The van der Waals surface area contributed by atoms with Crippen molar-refractivity contribution in [2.24, 2.45) is 0 Å². The Balaban J connectivity index is 1.94. The highest BCUT2D eigenvalue weighted by molar-refractivity contribution is 7.09. The largest absolute Gasteiger partial charge is 0.462 e. The zero-order chi connectivity index (χ0) is 14.4. The van der Waals surface area contributed by atoms with Gasteiger partial charge >= 0.3 is 5.97 Å². The van der Waals surface area contributed by atoms with Crippen LogP contribution < -0.4 is 0 Å². The molecular formula is C15H16ClNO2S. The summed E-state index contributed by atoms with van der Waals surface area (Å²) in [5.41, 5.74) is 1.30. The molecule has 0 unspecified atom stereocenters. The van der Waals surface area contributed by atoms with Crippen LogP contribution in [0.3, 0.4) is 0 Å². The SMILES string of the molecule is CCCc1cc(C(=O)OCCc2cccs2)cc(Cl)n1. The molecule has 0 N–H and O–H groups in total. The van der Waals surface area contributed by atoms with Crippen molar-refractivity contribution in [1.29, 1.82) is 0 Å². The van der Waals surface area contributed by atoms with E-state index in [1.54, 1.807) is 23.5 Å². The predicted molar refractivity (Wildman–Crippen MR) is 81.5 cm³/mol. The normalized spacial score (nSPS) is 10.5. The maximum Gasteiger partial charge on any atom is 0.338 e. The highest BCUT2D eigenvalue weighted by atomic mass is 35.5. The molecule has 0 aliphatic carbocycles. The van der Waals surface area contributed by atoms with Gasteiger partial charge in [0.2, 0.25) is 0 Å². The minimum atomic E-state index is -0.344. The van der Waals surface area contributed by atoms with E-state index in [1.807, 2.05) is 17.5 Å². The topological polar surface area (TPSA) is 39.2 Å². The fourth-order valence-electron chi connectivity index (χ4n) is 1.84. The number of ether oxygens (including phenoxy) is 1. The van der Waals surface area contributed by atoms with Gasteiger partial charge in [-0.1, -0.05) is 31.0 Å². The molecule has 5 heteroatoms. The fourth-order valence-corrected chi connectivity index (χ4v) is 2.75. The van der Waals surface area contributed by atoms with Crippen molar-refractivity contribution < 1.29 is 9.53 Å². The molecule has 3 nitrogen and oxygen atoms in total. The lowest BCUT2D eigenvalue weighted by Crippen LogP contribution is -2.09. The summed E-state index contributed by atoms with van der Waals surface area (Å²) in [6, 6.07) is 7.32. The molecule has 0 aromatic carbocycles. The highest BCUT2D eigenvalue weighted by Gasteiger charge is 2.10. The van der Waals surface area contributed by atoms with Crippen LogP contribution in [0.2, 0.25) is 5.15 Å². The van der Waals surface area contributed by atoms with Gasteiger partial charge in [-0.2, -0.15) is 0 Å². The average Bonchev–Trinajstić information content (AvgIpc) is 2.91. The quantitative estimate of drug-likeness (QED) is 0.594. The van der Waals surface area contributed by atoms with Crippen molar-refractivity contribution in [1.82, 2.24) is 4.98 Å². The van der Waals surface area contributed by atoms with Gasteiger partial charge < -0.3 is 4.74 Å². The van der Waals surface area contributed by atoms with E-state index in [-0.39, 0.29) is 5.97 Å². The highest BCUT2D eigenvalue weighted by Crippen LogP contribution is 2.14. The summed E-state index contributed by atoms with van der Waals surface area (Å²) in [4.78, 5) is 17.4. The molecule has 2 aromatic rings. The lowest BCUT2D eigenvalue weighted by atomic mass is 10.2. The first-order valence-corrected chi connectivity index (χ1v) is 7.80. The number of carbonyl (C=O) groups is 1. The second-order valence-corrected chi connectivity index (χ2v) is 5.80. The summed E-state index contributed by atoms with van der Waals surface area (Å²) in [5, 5.41) is 2.35. The van der Waals surface area contributed by atoms with Crippen LogP contribution in [0.1, 0.15) is 34.3 Å². The Morgan fingerprint density at radius 3 is 2.95 bits per heavy atom. The molecular weight excluding hydrogens is 294 g/mol. The molecule has 0 aliphatic heterocycles. The van der Waals surface area contributed by atoms with Gasteiger partial charge in [0.25, 0.3) is 0 Å². The van der Waals surface area contributed by atoms with E-state index in [4.69, 9.17) is 16.3 Å². The first-order chi connectivity index (χ1) is 9.69. The molecule has 0 saturated carbocycles. The van der Waals surface area contributed by atoms with E-state index in [0.29, 0.717) is 17.3 Å². The molecule has 0 bridgehead atoms. The van der Waals surface area contributed by atoms with Gasteiger partial charge in [-0.15, -0.1) is 11.3 Å². The van der Waals surface area contributed by atoms with E-state index in [9.17, 15) is 4.79 Å². The zero-order valence-corrected chi connectivity index (χ0v) is 12.8. The summed E-state index contributed by atoms with van der Waals surface area (Å²) in [6.07, 6.45) is 2.50. The molecule has 0 spiro atoms. The molecule has 106 valence electrons. The Morgan fingerprint density at radius 1 is 1.40 bits per heavy atom. The summed E-state index contributed by atoms with van der Waals surface area (Å²) >= 11 is 7.59. The van der Waals surface area contributed by atoms with Gasteiger partial charge in [0.05, 0.1) is 12.2 Å². The van der Waals surface area contributed by atoms with Gasteiger partial charge in [0.15, 0.2) is 0 Å². The molecule has 0 amide bonds. The number of hydrogen-bond donors (Lipinski definition) is 0. The van der Waals surface area contributed by atoms with Crippen molar-refractivity contribution in [2.75, 3.05) is 6.61 Å². The van der Waals surface area contributed by atoms with Crippen LogP contribution in [-0.4, -0.2) is 17.6 Å². The van der Waals surface area contributed by atoms with Crippen LogP contribution >= 0.6 is 22.9 Å². The molecule has 0 radical (unpaired) electrons. The zero-order valence-electron chi connectivity index (χ0n) is 11.3. The van der Waals surface area contributed by atoms with Gasteiger partial charge in [-0.3, -0.25) is 0 Å². The van der Waals surface area contributed by atoms with Crippen molar-refractivity contribution in [2.45, 2.75) is 26.2 Å². The molecule has 0 atom stereocenters. The number of halogens is 1. The first kappa shape index (κ1) is 15.0. The number of pyridine rings is 1. The Bertz CT molecular complexity index is 569. The number of thiophene rings is 1. The Hall–Kier alpha value is -1.39. The number of rotatable bonds is 6. The van der Waals surface area contributed by atoms with Crippen LogP contribution in [0.25, 0.3) is 0 Å². The molecule has 0 saturated heterocycles. The lowest BCUT2D eigenvalue weighted by Gasteiger charge is -2.06. The summed E-state index contributed by atoms with van der Waals surface area (Å²) in [6.45, 7) is 2.43. The summed E-state index contributed by atoms with van der Waals surface area (Å²) in [5.74, 6) is -0.344. The van der Waals surface area contributed by atoms with Crippen LogP contribution in [-0.2, 0) is 17.6 Å². The predicted octanol–water partition coefficient (Wildman–Crippen LogP) is 4.15. The molecule has 2 heterocycles. The van der Waals surface area contributed by atoms with Crippen molar-refractivity contribution in [3.05, 3.63) is 50.9 Å². The third-order valence-corrected chi connectivity index (χ3v) is 3.88. The number of nitrogens with zero attached hydrogens (tertiary/aromatic N) is 1. The molecule has 0 aliphatic rings. The van der Waals surface area contributed by atoms with Crippen molar-refractivity contribution >= 4 is 28.9 Å². The van der Waals surface area contributed by atoms with Gasteiger partial charge in [0, 0.05) is 17.0 Å². The molecule has 0 fully saturated rings. The Labute approximate surface area is 127 Å². The van der Waals surface area contributed by atoms with E-state index < -0.39 is 0 Å². The van der Waals surface area contributed by atoms with Crippen molar-refractivity contribution in [3.63, 3.8) is 0 Å². The Kier molecular flexibility index (Phi) is 5.56. The molecule has 2 rings (SSSR count). The minimum absolute atomic E-state index is 0.334. The second-order valence-electron chi connectivity index (χ2n) is 4.39. The number of aromatic nitrogens is 1. The Morgan fingerprint density at radius 2 is 2.25 bits per heavy atom. The van der Waals surface area contributed by atoms with Crippen molar-refractivity contribution in [3.8, 4) is 0 Å². The monoisotopic (exact) mass is 309 g/mol. The summed E-state index contributed by atoms with van der Waals surface area (Å²) < 4.78 is 5.27. The number of hydrogen-bond acceptors (Lipinski definition) is 4. The number of aryl methyl sites for hydroxylation is 1. The maximum absolute atomic E-state index is 12.0.